The molecule has 0 spiro atoms. The molecule has 0 radical (unpaired) electrons. The molecular weight excluding hydrogens is 286 g/mol. The number of nitrogens with zero attached hydrogens (tertiary/aromatic N) is 4. The molecule has 5 nitrogen and oxygen atoms in total. The van der Waals surface area contributed by atoms with Crippen molar-refractivity contribution in [2.24, 2.45) is 0 Å². The van der Waals surface area contributed by atoms with Gasteiger partial charge in [-0.05, 0) is 45.7 Å². The van der Waals surface area contributed by atoms with Gasteiger partial charge in [0.25, 0.3) is 0 Å². The van der Waals surface area contributed by atoms with Gasteiger partial charge in [-0.1, -0.05) is 5.57 Å². The average Bonchev–Trinajstić information content (AvgIpc) is 3.10. The van der Waals surface area contributed by atoms with Crippen molar-refractivity contribution in [1.29, 1.82) is 0 Å². The summed E-state index contributed by atoms with van der Waals surface area (Å²) in [5, 5.41) is 3.25. The first-order chi connectivity index (χ1) is 11.1. The number of pyridine rings is 1. The fraction of sp³-hybridized carbons (Fsp3) is 0.389. The predicted octanol–water partition coefficient (Wildman–Crippen LogP) is 3.86. The van der Waals surface area contributed by atoms with Crippen molar-refractivity contribution in [3.05, 3.63) is 42.0 Å². The van der Waals surface area contributed by atoms with Crippen molar-refractivity contribution in [3.63, 3.8) is 0 Å². The third-order valence-corrected chi connectivity index (χ3v) is 4.20. The number of aromatic nitrogens is 3. The Morgan fingerprint density at radius 1 is 1.13 bits per heavy atom. The number of hydrogen-bond acceptors (Lipinski definition) is 5. The maximum Gasteiger partial charge on any atom is 0.227 e. The average molecular weight is 309 g/mol. The standard InChI is InChI=1S/C18H23N5/c1-13(2)14(3)21-18-20-7-6-17(22-18)15-10-16(12-19-11-15)23-8-4-5-9-23/h6-7,10-12H,4-5,8-9H2,1-3H3,(H,20,21,22). The van der Waals surface area contributed by atoms with E-state index in [0.29, 0.717) is 5.95 Å². The normalized spacial score (nSPS) is 14.0. The molecule has 1 aliphatic heterocycles. The van der Waals surface area contributed by atoms with E-state index in [1.165, 1.54) is 24.1 Å². The fourth-order valence-electron chi connectivity index (χ4n) is 2.59. The van der Waals surface area contributed by atoms with Crippen molar-refractivity contribution in [1.82, 2.24) is 15.0 Å². The first-order valence-electron chi connectivity index (χ1n) is 8.08. The molecule has 3 heterocycles. The molecule has 2 aromatic heterocycles. The summed E-state index contributed by atoms with van der Waals surface area (Å²) in [6, 6.07) is 4.09. The van der Waals surface area contributed by atoms with Crippen LogP contribution in [-0.2, 0) is 0 Å². The SMILES string of the molecule is CC(C)=C(C)Nc1nccc(-c2cncc(N3CCCC3)c2)n1. The van der Waals surface area contributed by atoms with Crippen LogP contribution >= 0.6 is 0 Å². The Morgan fingerprint density at radius 2 is 1.91 bits per heavy atom. The van der Waals surface area contributed by atoms with Crippen LogP contribution in [0.5, 0.6) is 0 Å². The summed E-state index contributed by atoms with van der Waals surface area (Å²) in [5.74, 6) is 0.618. The van der Waals surface area contributed by atoms with E-state index in [1.807, 2.05) is 25.4 Å². The van der Waals surface area contributed by atoms with Crippen LogP contribution in [0.2, 0.25) is 0 Å². The maximum atomic E-state index is 4.62. The molecule has 1 saturated heterocycles. The minimum absolute atomic E-state index is 0.618. The molecule has 0 amide bonds. The van der Waals surface area contributed by atoms with Crippen LogP contribution in [0.1, 0.15) is 33.6 Å². The largest absolute Gasteiger partial charge is 0.370 e. The Balaban J connectivity index is 1.87. The zero-order chi connectivity index (χ0) is 16.2. The molecule has 5 heteroatoms. The van der Waals surface area contributed by atoms with Crippen LogP contribution in [0, 0.1) is 0 Å². The molecule has 3 rings (SSSR count). The lowest BCUT2D eigenvalue weighted by Crippen LogP contribution is -2.17. The third kappa shape index (κ3) is 3.67. The van der Waals surface area contributed by atoms with Gasteiger partial charge in [0.2, 0.25) is 5.95 Å². The quantitative estimate of drug-likeness (QED) is 0.929. The summed E-state index contributed by atoms with van der Waals surface area (Å²) in [6.07, 6.45) is 8.09. The summed E-state index contributed by atoms with van der Waals surface area (Å²) in [4.78, 5) is 15.7. The van der Waals surface area contributed by atoms with Gasteiger partial charge >= 0.3 is 0 Å². The zero-order valence-electron chi connectivity index (χ0n) is 14.0. The van der Waals surface area contributed by atoms with Crippen molar-refractivity contribution < 1.29 is 0 Å². The summed E-state index contributed by atoms with van der Waals surface area (Å²) in [5.41, 5.74) is 5.38. The van der Waals surface area contributed by atoms with E-state index in [9.17, 15) is 0 Å². The van der Waals surface area contributed by atoms with Crippen LogP contribution in [0.4, 0.5) is 11.6 Å². The molecule has 0 aliphatic carbocycles. The predicted molar refractivity (Wildman–Crippen MR) is 94.4 cm³/mol. The van der Waals surface area contributed by atoms with Gasteiger partial charge in [-0.15, -0.1) is 0 Å². The van der Waals surface area contributed by atoms with Crippen molar-refractivity contribution in [2.75, 3.05) is 23.3 Å². The molecule has 0 saturated carbocycles. The fourth-order valence-corrected chi connectivity index (χ4v) is 2.59. The molecule has 2 aromatic rings. The van der Waals surface area contributed by atoms with E-state index in [1.54, 1.807) is 6.20 Å². The molecule has 23 heavy (non-hydrogen) atoms. The Morgan fingerprint density at radius 3 is 2.65 bits per heavy atom. The zero-order valence-corrected chi connectivity index (χ0v) is 14.0. The highest BCUT2D eigenvalue weighted by molar-refractivity contribution is 5.65. The minimum Gasteiger partial charge on any atom is -0.370 e. The molecule has 0 unspecified atom stereocenters. The van der Waals surface area contributed by atoms with E-state index >= 15 is 0 Å². The lowest BCUT2D eigenvalue weighted by atomic mass is 10.2. The second-order valence-electron chi connectivity index (χ2n) is 6.14. The van der Waals surface area contributed by atoms with Crippen molar-refractivity contribution >= 4 is 11.6 Å². The van der Waals surface area contributed by atoms with Crippen LogP contribution in [0.15, 0.2) is 42.0 Å². The monoisotopic (exact) mass is 309 g/mol. The smallest absolute Gasteiger partial charge is 0.227 e. The lowest BCUT2D eigenvalue weighted by Gasteiger charge is -2.17. The Kier molecular flexibility index (Phi) is 4.55. The first-order valence-corrected chi connectivity index (χ1v) is 8.08. The van der Waals surface area contributed by atoms with Crippen LogP contribution in [0.3, 0.4) is 0 Å². The highest BCUT2D eigenvalue weighted by atomic mass is 15.1. The molecular formula is C18H23N5. The summed E-state index contributed by atoms with van der Waals surface area (Å²) >= 11 is 0. The van der Waals surface area contributed by atoms with Gasteiger partial charge in [0.15, 0.2) is 0 Å². The van der Waals surface area contributed by atoms with Crippen LogP contribution in [-0.4, -0.2) is 28.0 Å². The number of hydrogen-bond donors (Lipinski definition) is 1. The summed E-state index contributed by atoms with van der Waals surface area (Å²) in [6.45, 7) is 8.38. The molecule has 0 aromatic carbocycles. The maximum absolute atomic E-state index is 4.62. The van der Waals surface area contributed by atoms with Gasteiger partial charge in [-0.3, -0.25) is 4.98 Å². The van der Waals surface area contributed by atoms with Gasteiger partial charge in [-0.2, -0.15) is 0 Å². The van der Waals surface area contributed by atoms with Gasteiger partial charge in [0.1, 0.15) is 0 Å². The second kappa shape index (κ2) is 6.77. The van der Waals surface area contributed by atoms with E-state index in [-0.39, 0.29) is 0 Å². The van der Waals surface area contributed by atoms with Crippen LogP contribution < -0.4 is 10.2 Å². The third-order valence-electron chi connectivity index (χ3n) is 4.20. The molecule has 0 bridgehead atoms. The van der Waals surface area contributed by atoms with E-state index < -0.39 is 0 Å². The topological polar surface area (TPSA) is 53.9 Å². The first kappa shape index (κ1) is 15.5. The number of rotatable bonds is 4. The molecule has 1 aliphatic rings. The number of allylic oxidation sites excluding steroid dienone is 2. The minimum atomic E-state index is 0.618. The van der Waals surface area contributed by atoms with Crippen molar-refractivity contribution in [3.8, 4) is 11.3 Å². The highest BCUT2D eigenvalue weighted by Gasteiger charge is 2.13. The van der Waals surface area contributed by atoms with Gasteiger partial charge < -0.3 is 10.2 Å². The lowest BCUT2D eigenvalue weighted by molar-refractivity contribution is 0.949. The Hall–Kier alpha value is -2.43. The van der Waals surface area contributed by atoms with Gasteiger partial charge in [0, 0.05) is 36.7 Å². The highest BCUT2D eigenvalue weighted by Crippen LogP contribution is 2.25. The molecule has 1 N–H and O–H groups in total. The van der Waals surface area contributed by atoms with E-state index in [2.05, 4.69) is 45.1 Å². The van der Waals surface area contributed by atoms with Crippen LogP contribution in [0.25, 0.3) is 11.3 Å². The summed E-state index contributed by atoms with van der Waals surface area (Å²) in [7, 11) is 0. The van der Waals surface area contributed by atoms with E-state index in [4.69, 9.17) is 0 Å². The number of nitrogens with one attached hydrogen (secondary N) is 1. The van der Waals surface area contributed by atoms with E-state index in [0.717, 1.165) is 30.0 Å². The van der Waals surface area contributed by atoms with Gasteiger partial charge in [0.05, 0.1) is 17.6 Å². The molecule has 120 valence electrons. The Labute approximate surface area is 137 Å². The second-order valence-corrected chi connectivity index (χ2v) is 6.14. The molecule has 0 atom stereocenters. The Bertz CT molecular complexity index is 713. The number of anilines is 2. The summed E-state index contributed by atoms with van der Waals surface area (Å²) < 4.78 is 0. The molecule has 1 fully saturated rings. The van der Waals surface area contributed by atoms with Crippen molar-refractivity contribution in [2.45, 2.75) is 33.6 Å². The van der Waals surface area contributed by atoms with Gasteiger partial charge in [-0.25, -0.2) is 9.97 Å².